The molecule has 2 N–H and O–H groups in total. The standard InChI is InChI=1S/C19H30ClN3O2.HI/c1-3-21-19(23-15(2)17-7-4-5-8-18(17)20)22-11-6-12-25-16-9-13-24-14-10-16;/h4-5,7-8,15-16H,3,6,9-14H2,1-2H3,(H2,21,22,23);1H. The number of hydrogen-bond acceptors (Lipinski definition) is 3. The van der Waals surface area contributed by atoms with Gasteiger partial charge in [0.15, 0.2) is 5.96 Å². The molecule has 26 heavy (non-hydrogen) atoms. The minimum Gasteiger partial charge on any atom is -0.381 e. The van der Waals surface area contributed by atoms with Gasteiger partial charge in [-0.05, 0) is 44.7 Å². The van der Waals surface area contributed by atoms with Crippen molar-refractivity contribution in [3.05, 3.63) is 34.9 Å². The van der Waals surface area contributed by atoms with Gasteiger partial charge in [-0.15, -0.1) is 24.0 Å². The number of ether oxygens (including phenoxy) is 2. The van der Waals surface area contributed by atoms with Crippen LogP contribution in [0, 0.1) is 0 Å². The third-order valence-electron chi connectivity index (χ3n) is 4.16. The summed E-state index contributed by atoms with van der Waals surface area (Å²) >= 11 is 6.27. The Morgan fingerprint density at radius 3 is 2.77 bits per heavy atom. The van der Waals surface area contributed by atoms with Crippen LogP contribution < -0.4 is 10.6 Å². The fourth-order valence-corrected chi connectivity index (χ4v) is 3.08. The van der Waals surface area contributed by atoms with Gasteiger partial charge in [-0.25, -0.2) is 0 Å². The first kappa shape index (κ1) is 23.5. The molecule has 0 spiro atoms. The van der Waals surface area contributed by atoms with Crippen molar-refractivity contribution in [1.29, 1.82) is 0 Å². The van der Waals surface area contributed by atoms with Gasteiger partial charge in [-0.2, -0.15) is 0 Å². The predicted molar refractivity (Wildman–Crippen MR) is 119 cm³/mol. The van der Waals surface area contributed by atoms with Gasteiger partial charge >= 0.3 is 0 Å². The van der Waals surface area contributed by atoms with Crippen LogP contribution in [0.2, 0.25) is 5.02 Å². The highest BCUT2D eigenvalue weighted by molar-refractivity contribution is 14.0. The van der Waals surface area contributed by atoms with Crippen LogP contribution in [0.25, 0.3) is 0 Å². The molecule has 0 radical (unpaired) electrons. The average Bonchev–Trinajstić information content (AvgIpc) is 2.62. The number of hydrogen-bond donors (Lipinski definition) is 2. The Bertz CT molecular complexity index is 539. The van der Waals surface area contributed by atoms with Crippen molar-refractivity contribution >= 4 is 41.5 Å². The van der Waals surface area contributed by atoms with E-state index in [0.717, 1.165) is 68.7 Å². The van der Waals surface area contributed by atoms with Gasteiger partial charge in [0.25, 0.3) is 0 Å². The molecule has 1 heterocycles. The number of benzene rings is 1. The molecule has 0 aromatic heterocycles. The summed E-state index contributed by atoms with van der Waals surface area (Å²) in [6.07, 6.45) is 3.27. The minimum atomic E-state index is 0. The van der Waals surface area contributed by atoms with E-state index in [9.17, 15) is 0 Å². The highest BCUT2D eigenvalue weighted by Crippen LogP contribution is 2.21. The third kappa shape index (κ3) is 8.41. The quantitative estimate of drug-likeness (QED) is 0.246. The fraction of sp³-hybridized carbons (Fsp3) is 0.632. The van der Waals surface area contributed by atoms with Crippen molar-refractivity contribution in [1.82, 2.24) is 10.6 Å². The molecule has 0 aliphatic carbocycles. The molecule has 0 bridgehead atoms. The Morgan fingerprint density at radius 2 is 2.08 bits per heavy atom. The van der Waals surface area contributed by atoms with Crippen molar-refractivity contribution in [3.63, 3.8) is 0 Å². The van der Waals surface area contributed by atoms with Gasteiger partial charge in [0.2, 0.25) is 0 Å². The average molecular weight is 496 g/mol. The molecule has 1 aliphatic heterocycles. The van der Waals surface area contributed by atoms with Crippen LogP contribution in [0.1, 0.15) is 44.7 Å². The number of nitrogens with zero attached hydrogens (tertiary/aromatic N) is 1. The topological polar surface area (TPSA) is 54.9 Å². The summed E-state index contributed by atoms with van der Waals surface area (Å²) in [5, 5.41) is 7.46. The summed E-state index contributed by atoms with van der Waals surface area (Å²) in [5.74, 6) is 0.806. The second kappa shape index (κ2) is 13.6. The summed E-state index contributed by atoms with van der Waals surface area (Å²) in [5.41, 5.74) is 1.07. The van der Waals surface area contributed by atoms with Crippen LogP contribution in [-0.4, -0.2) is 45.0 Å². The van der Waals surface area contributed by atoms with Gasteiger partial charge in [-0.1, -0.05) is 29.8 Å². The zero-order valence-corrected chi connectivity index (χ0v) is 18.8. The SMILES string of the molecule is CCNC(=NCCCOC1CCOCC1)NC(C)c1ccccc1Cl.I. The molecule has 7 heteroatoms. The normalized spacial score (nSPS) is 16.7. The number of nitrogens with one attached hydrogen (secondary N) is 2. The first-order valence-corrected chi connectivity index (χ1v) is 9.57. The van der Waals surface area contributed by atoms with Crippen molar-refractivity contribution in [2.75, 3.05) is 32.9 Å². The molecule has 1 aromatic carbocycles. The molecule has 1 atom stereocenters. The van der Waals surface area contributed by atoms with Crippen LogP contribution in [0.15, 0.2) is 29.3 Å². The monoisotopic (exact) mass is 495 g/mol. The zero-order valence-electron chi connectivity index (χ0n) is 15.7. The van der Waals surface area contributed by atoms with Gasteiger partial charge in [0, 0.05) is 37.9 Å². The second-order valence-corrected chi connectivity index (χ2v) is 6.59. The number of rotatable bonds is 8. The van der Waals surface area contributed by atoms with E-state index in [4.69, 9.17) is 21.1 Å². The molecule has 1 saturated heterocycles. The first-order chi connectivity index (χ1) is 12.2. The Labute approximate surface area is 179 Å². The molecule has 0 amide bonds. The summed E-state index contributed by atoms with van der Waals surface area (Å²) in [6, 6.07) is 7.97. The van der Waals surface area contributed by atoms with Gasteiger partial charge in [0.1, 0.15) is 0 Å². The molecule has 1 fully saturated rings. The smallest absolute Gasteiger partial charge is 0.191 e. The Balaban J connectivity index is 0.00000338. The number of halogens is 2. The molecule has 2 rings (SSSR count). The lowest BCUT2D eigenvalue weighted by Gasteiger charge is -2.22. The lowest BCUT2D eigenvalue weighted by Crippen LogP contribution is -2.39. The van der Waals surface area contributed by atoms with E-state index in [2.05, 4.69) is 29.5 Å². The highest BCUT2D eigenvalue weighted by atomic mass is 127. The van der Waals surface area contributed by atoms with Crippen LogP contribution in [0.3, 0.4) is 0 Å². The summed E-state index contributed by atoms with van der Waals surface area (Å²) in [4.78, 5) is 4.64. The lowest BCUT2D eigenvalue weighted by atomic mass is 10.1. The predicted octanol–water partition coefficient (Wildman–Crippen LogP) is 4.16. The maximum Gasteiger partial charge on any atom is 0.191 e. The molecule has 1 aliphatic rings. The lowest BCUT2D eigenvalue weighted by molar-refractivity contribution is -0.0318. The van der Waals surface area contributed by atoms with Crippen molar-refractivity contribution < 1.29 is 9.47 Å². The molecule has 148 valence electrons. The largest absolute Gasteiger partial charge is 0.381 e. The molecular weight excluding hydrogens is 465 g/mol. The van der Waals surface area contributed by atoms with Crippen molar-refractivity contribution in [3.8, 4) is 0 Å². The molecule has 1 unspecified atom stereocenters. The van der Waals surface area contributed by atoms with Crippen LogP contribution in [-0.2, 0) is 9.47 Å². The van der Waals surface area contributed by atoms with E-state index < -0.39 is 0 Å². The van der Waals surface area contributed by atoms with Crippen LogP contribution in [0.5, 0.6) is 0 Å². The first-order valence-electron chi connectivity index (χ1n) is 9.19. The minimum absolute atomic E-state index is 0. The van der Waals surface area contributed by atoms with E-state index >= 15 is 0 Å². The molecule has 1 aromatic rings. The molecule has 5 nitrogen and oxygen atoms in total. The summed E-state index contributed by atoms with van der Waals surface area (Å²) in [6.45, 7) is 8.07. The highest BCUT2D eigenvalue weighted by Gasteiger charge is 2.13. The number of aliphatic imine (C=N–C) groups is 1. The zero-order chi connectivity index (χ0) is 17.9. The summed E-state index contributed by atoms with van der Waals surface area (Å²) < 4.78 is 11.2. The Kier molecular flexibility index (Phi) is 12.3. The van der Waals surface area contributed by atoms with Crippen molar-refractivity contribution in [2.24, 2.45) is 4.99 Å². The second-order valence-electron chi connectivity index (χ2n) is 6.18. The number of guanidine groups is 1. The van der Waals surface area contributed by atoms with Crippen molar-refractivity contribution in [2.45, 2.75) is 45.3 Å². The maximum absolute atomic E-state index is 6.27. The summed E-state index contributed by atoms with van der Waals surface area (Å²) in [7, 11) is 0. The third-order valence-corrected chi connectivity index (χ3v) is 4.51. The van der Waals surface area contributed by atoms with Gasteiger partial charge in [0.05, 0.1) is 12.1 Å². The maximum atomic E-state index is 6.27. The van der Waals surface area contributed by atoms with Gasteiger partial charge < -0.3 is 20.1 Å². The van der Waals surface area contributed by atoms with Crippen LogP contribution >= 0.6 is 35.6 Å². The van der Waals surface area contributed by atoms with E-state index in [-0.39, 0.29) is 30.0 Å². The van der Waals surface area contributed by atoms with E-state index in [0.29, 0.717) is 6.10 Å². The fourth-order valence-electron chi connectivity index (χ4n) is 2.78. The van der Waals surface area contributed by atoms with Crippen LogP contribution in [0.4, 0.5) is 0 Å². The van der Waals surface area contributed by atoms with E-state index in [1.54, 1.807) is 0 Å². The Hall–Kier alpha value is -0.570. The molecule has 0 saturated carbocycles. The van der Waals surface area contributed by atoms with E-state index in [1.807, 2.05) is 24.3 Å². The Morgan fingerprint density at radius 1 is 1.35 bits per heavy atom. The van der Waals surface area contributed by atoms with Gasteiger partial charge in [-0.3, -0.25) is 4.99 Å². The molecular formula is C19H31ClIN3O2. The van der Waals surface area contributed by atoms with E-state index in [1.165, 1.54) is 0 Å².